The Balaban J connectivity index is 1.38. The third-order valence-corrected chi connectivity index (χ3v) is 10.1. The molecule has 2 fully saturated rings. The fourth-order valence-electron chi connectivity index (χ4n) is 5.78. The lowest BCUT2D eigenvalue weighted by atomic mass is 9.84. The van der Waals surface area contributed by atoms with E-state index in [0.717, 1.165) is 30.8 Å². The summed E-state index contributed by atoms with van der Waals surface area (Å²) in [4.78, 5) is 17.3. The fraction of sp³-hybridized carbons (Fsp3) is 0.379. The van der Waals surface area contributed by atoms with Gasteiger partial charge in [-0.2, -0.15) is 4.31 Å². The van der Waals surface area contributed by atoms with Crippen LogP contribution in [0.3, 0.4) is 0 Å². The summed E-state index contributed by atoms with van der Waals surface area (Å²) in [5.41, 5.74) is 7.27. The number of benzene rings is 2. The van der Waals surface area contributed by atoms with Gasteiger partial charge in [-0.25, -0.2) is 21.6 Å². The van der Waals surface area contributed by atoms with Crippen LogP contribution in [0.25, 0.3) is 0 Å². The van der Waals surface area contributed by atoms with Crippen LogP contribution in [0.1, 0.15) is 41.9 Å². The Morgan fingerprint density at radius 3 is 2.55 bits per heavy atom. The quantitative estimate of drug-likeness (QED) is 0.351. The minimum atomic E-state index is -3.43. The molecule has 0 radical (unpaired) electrons. The number of sulfonamides is 1. The predicted molar refractivity (Wildman–Crippen MR) is 154 cm³/mol. The van der Waals surface area contributed by atoms with E-state index >= 15 is 4.39 Å². The molecule has 3 heterocycles. The van der Waals surface area contributed by atoms with E-state index < -0.39 is 45.3 Å². The molecule has 0 spiro atoms. The standard InChI is InChI=1S/C29H31ClF3N5O3S/c30-19-5-3-17(4-6-19)27(18-10-20(31)12-21(32)11-18)28(34)29(39)37-26-15-35-14-25(33)24(26)8-7-23-13-36-22-2-1-9-42(40,41)38(23)16-22/h3-6,10-12,14-15,22-23,27-28,36H,1-2,7-9,13,16,34H2,(H,37,39)/t22-,23+,27?,28?/m1/s1. The summed E-state index contributed by atoms with van der Waals surface area (Å²) in [5.74, 6) is -3.94. The van der Waals surface area contributed by atoms with Gasteiger partial charge in [-0.3, -0.25) is 9.78 Å². The summed E-state index contributed by atoms with van der Waals surface area (Å²) in [6.07, 6.45) is 4.10. The molecule has 0 aliphatic carbocycles. The van der Waals surface area contributed by atoms with Crippen LogP contribution >= 0.6 is 11.6 Å². The molecular formula is C29H31ClF3N5O3S. The van der Waals surface area contributed by atoms with Crippen LogP contribution in [0.15, 0.2) is 54.9 Å². The van der Waals surface area contributed by atoms with Crippen molar-refractivity contribution in [2.75, 3.05) is 24.2 Å². The maximum Gasteiger partial charge on any atom is 0.242 e. The van der Waals surface area contributed by atoms with Crippen LogP contribution in [0, 0.1) is 17.5 Å². The van der Waals surface area contributed by atoms with E-state index in [9.17, 15) is 22.0 Å². The Morgan fingerprint density at radius 1 is 1.12 bits per heavy atom. The summed E-state index contributed by atoms with van der Waals surface area (Å²) in [6, 6.07) is 7.66. The molecule has 5 rings (SSSR count). The topological polar surface area (TPSA) is 117 Å². The van der Waals surface area contributed by atoms with Crippen LogP contribution in [-0.2, 0) is 21.2 Å². The number of halogens is 4. The summed E-state index contributed by atoms with van der Waals surface area (Å²) in [5, 5.41) is 6.45. The Kier molecular flexibility index (Phi) is 9.19. The molecule has 8 nitrogen and oxygen atoms in total. The highest BCUT2D eigenvalue weighted by molar-refractivity contribution is 7.89. The van der Waals surface area contributed by atoms with E-state index in [4.69, 9.17) is 17.3 Å². The number of amides is 1. The molecule has 2 aliphatic heterocycles. The first kappa shape index (κ1) is 30.4. The van der Waals surface area contributed by atoms with Crippen LogP contribution in [0.5, 0.6) is 0 Å². The maximum absolute atomic E-state index is 15.1. The highest BCUT2D eigenvalue weighted by Gasteiger charge is 2.38. The lowest BCUT2D eigenvalue weighted by Gasteiger charge is -2.37. The number of pyridine rings is 1. The summed E-state index contributed by atoms with van der Waals surface area (Å²) < 4.78 is 70.6. The normalized spacial score (nSPS) is 23.0. The number of fused-ring (bicyclic) bond motifs is 2. The first-order chi connectivity index (χ1) is 20.0. The molecule has 5 atom stereocenters. The molecule has 3 aromatic rings. The van der Waals surface area contributed by atoms with E-state index in [1.165, 1.54) is 10.5 Å². The lowest BCUT2D eigenvalue weighted by Crippen LogP contribution is -2.57. The van der Waals surface area contributed by atoms with Crippen molar-refractivity contribution in [1.82, 2.24) is 14.6 Å². The van der Waals surface area contributed by atoms with Gasteiger partial charge in [0.25, 0.3) is 0 Å². The van der Waals surface area contributed by atoms with Gasteiger partial charge in [-0.1, -0.05) is 23.7 Å². The van der Waals surface area contributed by atoms with Crippen molar-refractivity contribution in [2.45, 2.75) is 49.7 Å². The van der Waals surface area contributed by atoms with E-state index in [-0.39, 0.29) is 41.1 Å². The monoisotopic (exact) mass is 621 g/mol. The first-order valence-corrected chi connectivity index (χ1v) is 15.6. The predicted octanol–water partition coefficient (Wildman–Crippen LogP) is 3.95. The lowest BCUT2D eigenvalue weighted by molar-refractivity contribution is -0.117. The smallest absolute Gasteiger partial charge is 0.242 e. The van der Waals surface area contributed by atoms with Crippen LogP contribution in [0.4, 0.5) is 18.9 Å². The molecule has 13 heteroatoms. The second-order valence-corrected chi connectivity index (χ2v) is 13.2. The van der Waals surface area contributed by atoms with Crippen molar-refractivity contribution >= 4 is 33.2 Å². The van der Waals surface area contributed by atoms with Gasteiger partial charge >= 0.3 is 0 Å². The first-order valence-electron chi connectivity index (χ1n) is 13.6. The molecule has 2 aromatic carbocycles. The molecule has 1 aromatic heterocycles. The average molecular weight is 622 g/mol. The van der Waals surface area contributed by atoms with Gasteiger partial charge in [-0.15, -0.1) is 0 Å². The molecule has 1 amide bonds. The SMILES string of the molecule is NC(C(=O)Nc1cncc(F)c1CC[C@H]1CN[C@@H]2CCCS(=O)(=O)N1C2)C(c1ccc(Cl)cc1)c1cc(F)cc(F)c1. The van der Waals surface area contributed by atoms with Crippen molar-refractivity contribution in [2.24, 2.45) is 5.73 Å². The third-order valence-electron chi connectivity index (χ3n) is 7.89. The van der Waals surface area contributed by atoms with Gasteiger partial charge in [0.05, 0.1) is 29.9 Å². The summed E-state index contributed by atoms with van der Waals surface area (Å²) in [6.45, 7) is 0.813. The number of nitrogens with one attached hydrogen (secondary N) is 2. The summed E-state index contributed by atoms with van der Waals surface area (Å²) >= 11 is 6.02. The maximum atomic E-state index is 15.1. The molecule has 42 heavy (non-hydrogen) atoms. The molecule has 2 aliphatic rings. The number of anilines is 1. The zero-order chi connectivity index (χ0) is 30.0. The number of nitrogens with zero attached hydrogens (tertiary/aromatic N) is 2. The largest absolute Gasteiger partial charge is 0.323 e. The van der Waals surface area contributed by atoms with Gasteiger partial charge in [-0.05, 0) is 61.1 Å². The number of carbonyl (C=O) groups is 1. The average Bonchev–Trinajstić information content (AvgIpc) is 3.05. The van der Waals surface area contributed by atoms with E-state index in [1.807, 2.05) is 0 Å². The van der Waals surface area contributed by atoms with Gasteiger partial charge in [0, 0.05) is 47.7 Å². The second kappa shape index (κ2) is 12.7. The molecule has 2 saturated heterocycles. The zero-order valence-electron chi connectivity index (χ0n) is 22.6. The summed E-state index contributed by atoms with van der Waals surface area (Å²) in [7, 11) is -3.43. The highest BCUT2D eigenvalue weighted by Crippen LogP contribution is 2.31. The molecule has 0 saturated carbocycles. The Hall–Kier alpha value is -3.03. The number of aromatic nitrogens is 1. The van der Waals surface area contributed by atoms with Crippen molar-refractivity contribution in [1.29, 1.82) is 0 Å². The van der Waals surface area contributed by atoms with Crippen molar-refractivity contribution in [3.63, 3.8) is 0 Å². The third kappa shape index (κ3) is 6.78. The number of hydrogen-bond donors (Lipinski definition) is 3. The van der Waals surface area contributed by atoms with Crippen LogP contribution < -0.4 is 16.4 Å². The van der Waals surface area contributed by atoms with Crippen molar-refractivity contribution < 1.29 is 26.4 Å². The van der Waals surface area contributed by atoms with Crippen LogP contribution in [0.2, 0.25) is 5.02 Å². The van der Waals surface area contributed by atoms with E-state index in [0.29, 0.717) is 36.5 Å². The molecule has 3 unspecified atom stereocenters. The molecule has 4 N–H and O–H groups in total. The fourth-order valence-corrected chi connectivity index (χ4v) is 7.71. The number of hydrogen-bond acceptors (Lipinski definition) is 6. The van der Waals surface area contributed by atoms with Crippen LogP contribution in [-0.4, -0.2) is 60.6 Å². The highest BCUT2D eigenvalue weighted by atomic mass is 35.5. The Bertz CT molecular complexity index is 1540. The van der Waals surface area contributed by atoms with Gasteiger partial charge < -0.3 is 16.4 Å². The van der Waals surface area contributed by atoms with E-state index in [1.54, 1.807) is 24.3 Å². The van der Waals surface area contributed by atoms with Gasteiger partial charge in [0.1, 0.15) is 17.5 Å². The number of carbonyl (C=O) groups excluding carboxylic acids is 1. The molecule has 2 bridgehead atoms. The number of piperazine rings is 1. The zero-order valence-corrected chi connectivity index (χ0v) is 24.1. The van der Waals surface area contributed by atoms with Crippen molar-refractivity contribution in [3.05, 3.63) is 94.0 Å². The van der Waals surface area contributed by atoms with Crippen molar-refractivity contribution in [3.8, 4) is 0 Å². The van der Waals surface area contributed by atoms with E-state index in [2.05, 4.69) is 15.6 Å². The number of rotatable bonds is 8. The Labute approximate surface area is 247 Å². The number of nitrogens with two attached hydrogens (primary N) is 1. The van der Waals surface area contributed by atoms with Gasteiger partial charge in [0.2, 0.25) is 15.9 Å². The van der Waals surface area contributed by atoms with Gasteiger partial charge in [0.15, 0.2) is 0 Å². The minimum Gasteiger partial charge on any atom is -0.323 e. The minimum absolute atomic E-state index is 0.0779. The Morgan fingerprint density at radius 2 is 1.83 bits per heavy atom. The molecular weight excluding hydrogens is 591 g/mol. The second-order valence-electron chi connectivity index (χ2n) is 10.7. The molecule has 224 valence electrons.